The van der Waals surface area contributed by atoms with Gasteiger partial charge in [-0.05, 0) is 67.6 Å². The van der Waals surface area contributed by atoms with Gasteiger partial charge in [0.1, 0.15) is 11.5 Å². The highest BCUT2D eigenvalue weighted by atomic mass is 16.5. The Bertz CT molecular complexity index is 1560. The fourth-order valence-corrected chi connectivity index (χ4v) is 4.12. The first-order valence-corrected chi connectivity index (χ1v) is 12.1. The van der Waals surface area contributed by atoms with Crippen molar-refractivity contribution in [3.05, 3.63) is 82.1 Å². The number of benzene rings is 3. The number of carbonyl (C=O) groups excluding carboxylic acids is 1. The molecule has 1 aromatic heterocycles. The summed E-state index contributed by atoms with van der Waals surface area (Å²) in [6, 6.07) is 17.3. The third kappa shape index (κ3) is 5.48. The lowest BCUT2D eigenvalue weighted by atomic mass is 10.1. The number of ether oxygens (including phenoxy) is 5. The lowest BCUT2D eigenvalue weighted by molar-refractivity contribution is 0.0954. The first-order valence-electron chi connectivity index (χ1n) is 12.1. The maximum absolute atomic E-state index is 13.7. The number of hydrogen-bond acceptors (Lipinski definition) is 8. The molecule has 0 aliphatic heterocycles. The molecule has 0 saturated carbocycles. The number of carbonyl (C=O) groups is 1. The summed E-state index contributed by atoms with van der Waals surface area (Å²) in [7, 11) is 7.55. The SMILES string of the molecule is COc1ccc(-c2[nH]n(-c3ccc(OC)cc3)c(=O)c2/C(C)=N/NC(=O)c2cc(OC)c(OC)c(OC)c2)cc1. The van der Waals surface area contributed by atoms with Crippen molar-refractivity contribution in [3.63, 3.8) is 0 Å². The van der Waals surface area contributed by atoms with Gasteiger partial charge in [-0.25, -0.2) is 10.1 Å². The molecule has 0 aliphatic carbocycles. The minimum Gasteiger partial charge on any atom is -0.497 e. The predicted octanol–water partition coefficient (Wildman–Crippen LogP) is 4.03. The highest BCUT2D eigenvalue weighted by Gasteiger charge is 2.21. The van der Waals surface area contributed by atoms with Crippen molar-refractivity contribution in [3.8, 4) is 45.7 Å². The second-order valence-corrected chi connectivity index (χ2v) is 8.48. The van der Waals surface area contributed by atoms with Gasteiger partial charge in [-0.15, -0.1) is 0 Å². The predicted molar refractivity (Wildman–Crippen MR) is 151 cm³/mol. The molecule has 2 N–H and O–H groups in total. The number of amides is 1. The molecule has 208 valence electrons. The average Bonchev–Trinajstić information content (AvgIpc) is 3.35. The summed E-state index contributed by atoms with van der Waals surface area (Å²) < 4.78 is 27.9. The number of methoxy groups -OCH3 is 5. The van der Waals surface area contributed by atoms with Crippen LogP contribution in [0.2, 0.25) is 0 Å². The maximum atomic E-state index is 13.7. The van der Waals surface area contributed by atoms with Crippen molar-refractivity contribution < 1.29 is 28.5 Å². The summed E-state index contributed by atoms with van der Waals surface area (Å²) in [6.07, 6.45) is 0. The van der Waals surface area contributed by atoms with Crippen molar-refractivity contribution in [2.24, 2.45) is 5.10 Å². The van der Waals surface area contributed by atoms with Gasteiger partial charge < -0.3 is 23.7 Å². The number of rotatable bonds is 10. The zero-order valence-corrected chi connectivity index (χ0v) is 23.0. The largest absolute Gasteiger partial charge is 0.497 e. The molecule has 1 amide bonds. The zero-order valence-electron chi connectivity index (χ0n) is 23.0. The van der Waals surface area contributed by atoms with Gasteiger partial charge in [0.2, 0.25) is 5.75 Å². The van der Waals surface area contributed by atoms with Crippen molar-refractivity contribution in [1.29, 1.82) is 0 Å². The Hall–Kier alpha value is -5.19. The van der Waals surface area contributed by atoms with E-state index in [0.29, 0.717) is 45.8 Å². The first kappa shape index (κ1) is 27.8. The molecule has 0 fully saturated rings. The summed E-state index contributed by atoms with van der Waals surface area (Å²) in [6.45, 7) is 1.64. The molecule has 3 aromatic carbocycles. The van der Waals surface area contributed by atoms with Crippen LogP contribution in [0.15, 0.2) is 70.6 Å². The number of hydrazone groups is 1. The van der Waals surface area contributed by atoms with Crippen LogP contribution in [0, 0.1) is 0 Å². The number of hydrogen-bond donors (Lipinski definition) is 2. The molecule has 0 radical (unpaired) electrons. The molecule has 0 aliphatic rings. The van der Waals surface area contributed by atoms with E-state index < -0.39 is 5.91 Å². The number of aromatic amines is 1. The van der Waals surface area contributed by atoms with Crippen molar-refractivity contribution >= 4 is 11.6 Å². The van der Waals surface area contributed by atoms with Crippen LogP contribution in [0.4, 0.5) is 0 Å². The zero-order chi connectivity index (χ0) is 28.8. The van der Waals surface area contributed by atoms with Gasteiger partial charge >= 0.3 is 0 Å². The van der Waals surface area contributed by atoms with E-state index in [1.807, 2.05) is 12.1 Å². The quantitative estimate of drug-likeness (QED) is 0.227. The second-order valence-electron chi connectivity index (χ2n) is 8.48. The van der Waals surface area contributed by atoms with E-state index in [-0.39, 0.29) is 16.7 Å². The highest BCUT2D eigenvalue weighted by Crippen LogP contribution is 2.38. The minimum absolute atomic E-state index is 0.228. The molecular weight excluding hydrogens is 516 g/mol. The van der Waals surface area contributed by atoms with Crippen LogP contribution in [0.5, 0.6) is 28.7 Å². The standard InChI is InChI=1S/C29H30N4O7/c1-17(30-31-28(34)19-15-23(38-4)27(40-6)24(16-19)39-5)25-26(18-7-11-21(36-2)12-8-18)32-33(29(25)35)20-9-13-22(37-3)14-10-20/h7-16,32H,1-6H3,(H,31,34)/b30-17+. The lowest BCUT2D eigenvalue weighted by Gasteiger charge is -2.13. The molecule has 0 unspecified atom stereocenters. The fraction of sp³-hybridized carbons (Fsp3) is 0.207. The normalized spacial score (nSPS) is 11.1. The number of aromatic nitrogens is 2. The summed E-state index contributed by atoms with van der Waals surface area (Å²) in [5.41, 5.74) is 4.83. The van der Waals surface area contributed by atoms with E-state index in [1.54, 1.807) is 57.5 Å². The Balaban J connectivity index is 1.75. The van der Waals surface area contributed by atoms with Crippen molar-refractivity contribution in [2.45, 2.75) is 6.92 Å². The van der Waals surface area contributed by atoms with Crippen molar-refractivity contribution in [1.82, 2.24) is 15.2 Å². The van der Waals surface area contributed by atoms with Gasteiger partial charge in [0.05, 0.1) is 58.2 Å². The van der Waals surface area contributed by atoms with E-state index >= 15 is 0 Å². The molecular formula is C29H30N4O7. The number of nitrogens with zero attached hydrogens (tertiary/aromatic N) is 2. The molecule has 4 aromatic rings. The molecule has 0 bridgehead atoms. The van der Waals surface area contributed by atoms with Crippen LogP contribution in [0.1, 0.15) is 22.8 Å². The third-order valence-electron chi connectivity index (χ3n) is 6.21. The summed E-state index contributed by atoms with van der Waals surface area (Å²) in [5, 5.41) is 7.45. The number of nitrogens with one attached hydrogen (secondary N) is 2. The Morgan fingerprint density at radius 1 is 0.800 bits per heavy atom. The molecule has 4 rings (SSSR count). The summed E-state index contributed by atoms with van der Waals surface area (Å²) in [5.74, 6) is 1.80. The van der Waals surface area contributed by atoms with Gasteiger partial charge in [-0.3, -0.25) is 14.7 Å². The van der Waals surface area contributed by atoms with Gasteiger partial charge in [0.25, 0.3) is 11.5 Å². The van der Waals surface area contributed by atoms with Crippen LogP contribution in [0.3, 0.4) is 0 Å². The van der Waals surface area contributed by atoms with Crippen molar-refractivity contribution in [2.75, 3.05) is 35.5 Å². The van der Waals surface area contributed by atoms with Crippen LogP contribution in [-0.4, -0.2) is 56.9 Å². The first-order chi connectivity index (χ1) is 19.3. The molecule has 1 heterocycles. The monoisotopic (exact) mass is 546 g/mol. The van der Waals surface area contributed by atoms with Crippen LogP contribution >= 0.6 is 0 Å². The maximum Gasteiger partial charge on any atom is 0.281 e. The Morgan fingerprint density at radius 3 is 1.85 bits per heavy atom. The topological polar surface area (TPSA) is 125 Å². The smallest absolute Gasteiger partial charge is 0.281 e. The van der Waals surface area contributed by atoms with E-state index in [9.17, 15) is 9.59 Å². The summed E-state index contributed by atoms with van der Waals surface area (Å²) in [4.78, 5) is 26.7. The third-order valence-corrected chi connectivity index (χ3v) is 6.21. The van der Waals surface area contributed by atoms with Crippen LogP contribution in [-0.2, 0) is 0 Å². The van der Waals surface area contributed by atoms with Gasteiger partial charge in [-0.2, -0.15) is 5.10 Å². The molecule has 11 nitrogen and oxygen atoms in total. The molecule has 0 saturated heterocycles. The van der Waals surface area contributed by atoms with E-state index in [4.69, 9.17) is 23.7 Å². The van der Waals surface area contributed by atoms with E-state index in [1.165, 1.54) is 38.1 Å². The Morgan fingerprint density at radius 2 is 1.35 bits per heavy atom. The fourth-order valence-electron chi connectivity index (χ4n) is 4.12. The highest BCUT2D eigenvalue weighted by molar-refractivity contribution is 6.05. The van der Waals surface area contributed by atoms with Crippen LogP contribution in [0.25, 0.3) is 16.9 Å². The minimum atomic E-state index is -0.532. The van der Waals surface area contributed by atoms with Gasteiger partial charge in [0, 0.05) is 11.1 Å². The van der Waals surface area contributed by atoms with Gasteiger partial charge in [-0.1, -0.05) is 0 Å². The Labute approximate surface area is 230 Å². The Kier molecular flexibility index (Phi) is 8.43. The molecule has 0 atom stereocenters. The van der Waals surface area contributed by atoms with Crippen LogP contribution < -0.4 is 34.7 Å². The van der Waals surface area contributed by atoms with E-state index in [2.05, 4.69) is 15.6 Å². The summed E-state index contributed by atoms with van der Waals surface area (Å²) >= 11 is 0. The average molecular weight is 547 g/mol. The molecule has 11 heteroatoms. The van der Waals surface area contributed by atoms with E-state index in [0.717, 1.165) is 5.56 Å². The molecule has 0 spiro atoms. The second kappa shape index (κ2) is 12.1. The number of H-pyrrole nitrogens is 1. The molecule has 40 heavy (non-hydrogen) atoms. The lowest BCUT2D eigenvalue weighted by Crippen LogP contribution is -2.23. The van der Waals surface area contributed by atoms with Gasteiger partial charge in [0.15, 0.2) is 11.5 Å².